The highest BCUT2D eigenvalue weighted by Crippen LogP contribution is 2.12. The van der Waals surface area contributed by atoms with Crippen molar-refractivity contribution in [3.05, 3.63) is 102 Å². The second-order valence-corrected chi connectivity index (χ2v) is 7.41. The molecule has 0 heterocycles. The smallest absolute Gasteiger partial charge is 0.325 e. The van der Waals surface area contributed by atoms with Crippen molar-refractivity contribution in [2.45, 2.75) is 12.5 Å². The zero-order valence-electron chi connectivity index (χ0n) is 18.6. The van der Waals surface area contributed by atoms with Crippen LogP contribution in [0.15, 0.2) is 84.9 Å². The van der Waals surface area contributed by atoms with Crippen LogP contribution in [-0.4, -0.2) is 43.4 Å². The summed E-state index contributed by atoms with van der Waals surface area (Å²) in [5, 5.41) is 8.03. The van der Waals surface area contributed by atoms with Crippen molar-refractivity contribution in [3.8, 4) is 0 Å². The van der Waals surface area contributed by atoms with E-state index in [-0.39, 0.29) is 12.5 Å². The van der Waals surface area contributed by atoms with Gasteiger partial charge < -0.3 is 20.7 Å². The molecule has 8 nitrogen and oxygen atoms in total. The molecule has 0 fully saturated rings. The van der Waals surface area contributed by atoms with Crippen LogP contribution in [0.1, 0.15) is 26.3 Å². The summed E-state index contributed by atoms with van der Waals surface area (Å²) in [6.07, 6.45) is 0.305. The highest BCUT2D eigenvalue weighted by atomic mass is 16.5. The Hall–Kier alpha value is -4.46. The standard InChI is InChI=1S/C26H25N3O5/c1-34-23(30)17-27-24(31)20-12-14-21(15-13-20)28-26(33)22(16-18-8-4-2-5-9-18)29-25(32)19-10-6-3-7-11-19/h2-15,22H,16-17H2,1H3,(H,27,31)(H,28,33)(H,29,32). The Morgan fingerprint density at radius 2 is 1.35 bits per heavy atom. The molecular weight excluding hydrogens is 434 g/mol. The zero-order chi connectivity index (χ0) is 24.3. The van der Waals surface area contributed by atoms with Gasteiger partial charge in [0.05, 0.1) is 7.11 Å². The lowest BCUT2D eigenvalue weighted by Gasteiger charge is -2.19. The Morgan fingerprint density at radius 1 is 0.765 bits per heavy atom. The molecule has 3 aromatic carbocycles. The van der Waals surface area contributed by atoms with E-state index in [0.717, 1.165) is 5.56 Å². The van der Waals surface area contributed by atoms with E-state index in [1.807, 2.05) is 36.4 Å². The van der Waals surface area contributed by atoms with Gasteiger partial charge in [0.15, 0.2) is 0 Å². The molecule has 3 amide bonds. The van der Waals surface area contributed by atoms with E-state index >= 15 is 0 Å². The van der Waals surface area contributed by atoms with Crippen LogP contribution < -0.4 is 16.0 Å². The highest BCUT2D eigenvalue weighted by Gasteiger charge is 2.22. The fraction of sp³-hybridized carbons (Fsp3) is 0.154. The van der Waals surface area contributed by atoms with Gasteiger partial charge in [0, 0.05) is 23.2 Å². The van der Waals surface area contributed by atoms with E-state index in [4.69, 9.17) is 0 Å². The molecular formula is C26H25N3O5. The quantitative estimate of drug-likeness (QED) is 0.426. The number of benzene rings is 3. The van der Waals surface area contributed by atoms with Crippen LogP contribution in [0.4, 0.5) is 5.69 Å². The van der Waals surface area contributed by atoms with Gasteiger partial charge in [-0.3, -0.25) is 19.2 Å². The lowest BCUT2D eigenvalue weighted by atomic mass is 10.0. The Balaban J connectivity index is 1.68. The maximum Gasteiger partial charge on any atom is 0.325 e. The summed E-state index contributed by atoms with van der Waals surface area (Å²) in [5.41, 5.74) is 2.13. The van der Waals surface area contributed by atoms with Gasteiger partial charge in [0.1, 0.15) is 12.6 Å². The van der Waals surface area contributed by atoms with Crippen molar-refractivity contribution in [2.75, 3.05) is 19.0 Å². The second kappa shape index (κ2) is 12.0. The summed E-state index contributed by atoms with van der Waals surface area (Å²) in [5.74, 6) is -1.75. The molecule has 0 bridgehead atoms. The summed E-state index contributed by atoms with van der Waals surface area (Å²) < 4.78 is 4.49. The second-order valence-electron chi connectivity index (χ2n) is 7.41. The number of hydrogen-bond donors (Lipinski definition) is 3. The first-order valence-corrected chi connectivity index (χ1v) is 10.6. The van der Waals surface area contributed by atoms with Gasteiger partial charge in [0.2, 0.25) is 5.91 Å². The molecule has 0 saturated heterocycles. The molecule has 174 valence electrons. The van der Waals surface area contributed by atoms with Crippen molar-refractivity contribution in [1.29, 1.82) is 0 Å². The SMILES string of the molecule is COC(=O)CNC(=O)c1ccc(NC(=O)C(Cc2ccccc2)NC(=O)c2ccccc2)cc1. The molecule has 8 heteroatoms. The lowest BCUT2D eigenvalue weighted by Crippen LogP contribution is -2.45. The van der Waals surface area contributed by atoms with Crippen molar-refractivity contribution >= 4 is 29.4 Å². The minimum Gasteiger partial charge on any atom is -0.468 e. The number of hydrogen-bond acceptors (Lipinski definition) is 5. The predicted octanol–water partition coefficient (Wildman–Crippen LogP) is 2.57. The first-order chi connectivity index (χ1) is 16.5. The third-order valence-corrected chi connectivity index (χ3v) is 4.98. The average Bonchev–Trinajstić information content (AvgIpc) is 2.88. The topological polar surface area (TPSA) is 114 Å². The fourth-order valence-corrected chi connectivity index (χ4v) is 3.15. The maximum absolute atomic E-state index is 13.1. The van der Waals surface area contributed by atoms with Crippen molar-refractivity contribution in [3.63, 3.8) is 0 Å². The minimum atomic E-state index is -0.821. The molecule has 1 atom stereocenters. The molecule has 0 aliphatic heterocycles. The van der Waals surface area contributed by atoms with E-state index in [1.165, 1.54) is 19.2 Å². The normalized spacial score (nSPS) is 11.1. The van der Waals surface area contributed by atoms with Gasteiger partial charge in [-0.1, -0.05) is 48.5 Å². The molecule has 3 rings (SSSR count). The highest BCUT2D eigenvalue weighted by molar-refractivity contribution is 6.02. The molecule has 3 N–H and O–H groups in total. The van der Waals surface area contributed by atoms with Crippen LogP contribution in [0.3, 0.4) is 0 Å². The summed E-state index contributed by atoms with van der Waals surface area (Å²) in [6, 6.07) is 23.4. The summed E-state index contributed by atoms with van der Waals surface area (Å²) in [7, 11) is 1.24. The lowest BCUT2D eigenvalue weighted by molar-refractivity contribution is -0.139. The van der Waals surface area contributed by atoms with Crippen LogP contribution in [0.2, 0.25) is 0 Å². The van der Waals surface area contributed by atoms with E-state index in [1.54, 1.807) is 36.4 Å². The minimum absolute atomic E-state index is 0.240. The first-order valence-electron chi connectivity index (χ1n) is 10.6. The molecule has 0 radical (unpaired) electrons. The number of esters is 1. The fourth-order valence-electron chi connectivity index (χ4n) is 3.15. The summed E-state index contributed by atoms with van der Waals surface area (Å²) in [4.78, 5) is 49.0. The van der Waals surface area contributed by atoms with Crippen molar-refractivity contribution < 1.29 is 23.9 Å². The summed E-state index contributed by atoms with van der Waals surface area (Å²) in [6.45, 7) is -0.240. The number of anilines is 1. The average molecular weight is 460 g/mol. The number of carbonyl (C=O) groups is 4. The molecule has 0 aliphatic rings. The molecule has 0 spiro atoms. The number of nitrogens with one attached hydrogen (secondary N) is 3. The molecule has 1 unspecified atom stereocenters. The Bertz CT molecular complexity index is 1130. The molecule has 0 saturated carbocycles. The van der Waals surface area contributed by atoms with Gasteiger partial charge in [-0.15, -0.1) is 0 Å². The first kappa shape index (κ1) is 24.2. The van der Waals surface area contributed by atoms with E-state index < -0.39 is 23.8 Å². The molecule has 0 aromatic heterocycles. The Morgan fingerprint density at radius 3 is 1.97 bits per heavy atom. The van der Waals surface area contributed by atoms with Crippen LogP contribution in [0, 0.1) is 0 Å². The number of ether oxygens (including phenoxy) is 1. The Labute approximate surface area is 197 Å². The number of amides is 3. The largest absolute Gasteiger partial charge is 0.468 e. The van der Waals surface area contributed by atoms with Crippen LogP contribution >= 0.6 is 0 Å². The predicted molar refractivity (Wildman–Crippen MR) is 127 cm³/mol. The third kappa shape index (κ3) is 7.03. The van der Waals surface area contributed by atoms with E-state index in [2.05, 4.69) is 20.7 Å². The van der Waals surface area contributed by atoms with Gasteiger partial charge >= 0.3 is 5.97 Å². The maximum atomic E-state index is 13.1. The number of methoxy groups -OCH3 is 1. The number of rotatable bonds is 9. The number of carbonyl (C=O) groups excluding carboxylic acids is 4. The van der Waals surface area contributed by atoms with Crippen LogP contribution in [0.5, 0.6) is 0 Å². The summed E-state index contributed by atoms with van der Waals surface area (Å²) >= 11 is 0. The van der Waals surface area contributed by atoms with Crippen molar-refractivity contribution in [1.82, 2.24) is 10.6 Å². The third-order valence-electron chi connectivity index (χ3n) is 4.98. The zero-order valence-corrected chi connectivity index (χ0v) is 18.6. The van der Waals surface area contributed by atoms with Crippen LogP contribution in [0.25, 0.3) is 0 Å². The Kier molecular flexibility index (Phi) is 8.51. The van der Waals surface area contributed by atoms with Gasteiger partial charge in [-0.05, 0) is 42.0 Å². The molecule has 3 aromatic rings. The monoisotopic (exact) mass is 459 g/mol. The van der Waals surface area contributed by atoms with Gasteiger partial charge in [-0.2, -0.15) is 0 Å². The van der Waals surface area contributed by atoms with E-state index in [9.17, 15) is 19.2 Å². The molecule has 34 heavy (non-hydrogen) atoms. The molecule has 0 aliphatic carbocycles. The van der Waals surface area contributed by atoms with Gasteiger partial charge in [-0.25, -0.2) is 0 Å². The van der Waals surface area contributed by atoms with E-state index in [0.29, 0.717) is 23.2 Å². The van der Waals surface area contributed by atoms with Crippen LogP contribution in [-0.2, 0) is 20.7 Å². The van der Waals surface area contributed by atoms with Crippen molar-refractivity contribution in [2.24, 2.45) is 0 Å². The van der Waals surface area contributed by atoms with Gasteiger partial charge in [0.25, 0.3) is 11.8 Å².